The molecule has 98 valence electrons. The van der Waals surface area contributed by atoms with E-state index in [1.54, 1.807) is 11.3 Å². The SMILES string of the molecule is N#Cc1ccccc1CNCc1nc2ccccc2s1. The zero-order valence-electron chi connectivity index (χ0n) is 10.8. The summed E-state index contributed by atoms with van der Waals surface area (Å²) in [6, 6.07) is 18.0. The summed E-state index contributed by atoms with van der Waals surface area (Å²) < 4.78 is 1.21. The first-order valence-corrected chi connectivity index (χ1v) is 7.21. The molecule has 0 aliphatic rings. The molecule has 1 aromatic heterocycles. The van der Waals surface area contributed by atoms with Crippen LogP contribution in [0, 0.1) is 11.3 Å². The molecule has 0 unspecified atom stereocenters. The molecule has 2 aromatic carbocycles. The van der Waals surface area contributed by atoms with Crippen molar-refractivity contribution < 1.29 is 0 Å². The Morgan fingerprint density at radius 2 is 1.85 bits per heavy atom. The van der Waals surface area contributed by atoms with Crippen molar-refractivity contribution in [2.45, 2.75) is 13.1 Å². The Morgan fingerprint density at radius 1 is 1.05 bits per heavy atom. The molecule has 3 rings (SSSR count). The Morgan fingerprint density at radius 3 is 2.70 bits per heavy atom. The molecule has 4 heteroatoms. The summed E-state index contributed by atoms with van der Waals surface area (Å²) in [6.45, 7) is 1.40. The molecule has 0 amide bonds. The molecular formula is C16H13N3S. The van der Waals surface area contributed by atoms with Gasteiger partial charge in [-0.1, -0.05) is 30.3 Å². The summed E-state index contributed by atoms with van der Waals surface area (Å²) in [5.41, 5.74) is 2.80. The molecule has 20 heavy (non-hydrogen) atoms. The summed E-state index contributed by atoms with van der Waals surface area (Å²) in [5, 5.41) is 13.5. The van der Waals surface area contributed by atoms with Crippen molar-refractivity contribution in [1.82, 2.24) is 10.3 Å². The van der Waals surface area contributed by atoms with Crippen molar-refractivity contribution in [3.05, 3.63) is 64.7 Å². The molecule has 1 N–H and O–H groups in total. The van der Waals surface area contributed by atoms with Crippen molar-refractivity contribution in [1.29, 1.82) is 5.26 Å². The number of benzene rings is 2. The zero-order valence-corrected chi connectivity index (χ0v) is 11.7. The van der Waals surface area contributed by atoms with E-state index in [1.807, 2.05) is 42.5 Å². The van der Waals surface area contributed by atoms with Crippen LogP contribution in [0.1, 0.15) is 16.1 Å². The number of para-hydroxylation sites is 1. The second-order valence-corrected chi connectivity index (χ2v) is 5.56. The van der Waals surface area contributed by atoms with E-state index in [0.717, 1.165) is 28.2 Å². The van der Waals surface area contributed by atoms with Gasteiger partial charge in [-0.05, 0) is 23.8 Å². The molecule has 0 bridgehead atoms. The molecule has 0 fully saturated rings. The summed E-state index contributed by atoms with van der Waals surface area (Å²) in [7, 11) is 0. The van der Waals surface area contributed by atoms with Crippen LogP contribution in [0.5, 0.6) is 0 Å². The highest BCUT2D eigenvalue weighted by molar-refractivity contribution is 7.18. The van der Waals surface area contributed by atoms with E-state index in [-0.39, 0.29) is 0 Å². The van der Waals surface area contributed by atoms with E-state index >= 15 is 0 Å². The van der Waals surface area contributed by atoms with Crippen LogP contribution >= 0.6 is 11.3 Å². The monoisotopic (exact) mass is 279 g/mol. The third kappa shape index (κ3) is 2.69. The smallest absolute Gasteiger partial charge is 0.108 e. The van der Waals surface area contributed by atoms with Gasteiger partial charge in [0.15, 0.2) is 0 Å². The third-order valence-corrected chi connectivity index (χ3v) is 4.10. The highest BCUT2D eigenvalue weighted by Gasteiger charge is 2.04. The number of nitrogens with zero attached hydrogens (tertiary/aromatic N) is 2. The van der Waals surface area contributed by atoms with Crippen LogP contribution in [0.3, 0.4) is 0 Å². The lowest BCUT2D eigenvalue weighted by Gasteiger charge is -2.04. The lowest BCUT2D eigenvalue weighted by Crippen LogP contribution is -2.13. The lowest BCUT2D eigenvalue weighted by atomic mass is 10.1. The van der Waals surface area contributed by atoms with Gasteiger partial charge >= 0.3 is 0 Å². The maximum absolute atomic E-state index is 9.04. The third-order valence-electron chi connectivity index (χ3n) is 3.07. The number of aromatic nitrogens is 1. The molecule has 0 aliphatic carbocycles. The number of nitriles is 1. The van der Waals surface area contributed by atoms with Crippen molar-refractivity contribution in [3.63, 3.8) is 0 Å². The van der Waals surface area contributed by atoms with Gasteiger partial charge in [-0.15, -0.1) is 11.3 Å². The van der Waals surface area contributed by atoms with Gasteiger partial charge in [0.2, 0.25) is 0 Å². The highest BCUT2D eigenvalue weighted by Crippen LogP contribution is 2.21. The number of rotatable bonds is 4. The number of hydrogen-bond donors (Lipinski definition) is 1. The maximum Gasteiger partial charge on any atom is 0.108 e. The van der Waals surface area contributed by atoms with Gasteiger partial charge < -0.3 is 5.32 Å². The van der Waals surface area contributed by atoms with Crippen LogP contribution in [0.25, 0.3) is 10.2 Å². The minimum atomic E-state index is 0.680. The predicted octanol–water partition coefficient (Wildman–Crippen LogP) is 3.46. The van der Waals surface area contributed by atoms with Gasteiger partial charge in [0.25, 0.3) is 0 Å². The van der Waals surface area contributed by atoms with Crippen molar-refractivity contribution in [2.24, 2.45) is 0 Å². The van der Waals surface area contributed by atoms with Gasteiger partial charge in [-0.3, -0.25) is 0 Å². The van der Waals surface area contributed by atoms with Crippen LogP contribution in [-0.4, -0.2) is 4.98 Å². The minimum Gasteiger partial charge on any atom is -0.306 e. The number of hydrogen-bond acceptors (Lipinski definition) is 4. The fourth-order valence-electron chi connectivity index (χ4n) is 2.08. The quantitative estimate of drug-likeness (QED) is 0.795. The minimum absolute atomic E-state index is 0.680. The van der Waals surface area contributed by atoms with Crippen molar-refractivity contribution in [3.8, 4) is 6.07 Å². The standard InChI is InChI=1S/C16H13N3S/c17-9-12-5-1-2-6-13(12)10-18-11-16-19-14-7-3-4-8-15(14)20-16/h1-8,18H,10-11H2. The molecule has 3 nitrogen and oxygen atoms in total. The number of fused-ring (bicyclic) bond motifs is 1. The fraction of sp³-hybridized carbons (Fsp3) is 0.125. The zero-order chi connectivity index (χ0) is 13.8. The average molecular weight is 279 g/mol. The second-order valence-electron chi connectivity index (χ2n) is 4.45. The van der Waals surface area contributed by atoms with E-state index < -0.39 is 0 Å². The Hall–Kier alpha value is -2.22. The summed E-state index contributed by atoms with van der Waals surface area (Å²) in [4.78, 5) is 4.58. The molecule has 1 heterocycles. The molecule has 0 aliphatic heterocycles. The summed E-state index contributed by atoms with van der Waals surface area (Å²) in [6.07, 6.45) is 0. The molecule has 0 radical (unpaired) electrons. The first-order valence-electron chi connectivity index (χ1n) is 6.40. The van der Waals surface area contributed by atoms with E-state index in [1.165, 1.54) is 4.70 Å². The van der Waals surface area contributed by atoms with Crippen LogP contribution < -0.4 is 5.32 Å². The van der Waals surface area contributed by atoms with E-state index in [2.05, 4.69) is 22.4 Å². The summed E-state index contributed by atoms with van der Waals surface area (Å²) in [5.74, 6) is 0. The topological polar surface area (TPSA) is 48.7 Å². The average Bonchev–Trinajstić information content (AvgIpc) is 2.90. The fourth-order valence-corrected chi connectivity index (χ4v) is 3.02. The van der Waals surface area contributed by atoms with Gasteiger partial charge in [-0.2, -0.15) is 5.26 Å². The second kappa shape index (κ2) is 5.83. The lowest BCUT2D eigenvalue weighted by molar-refractivity contribution is 0.690. The first-order chi connectivity index (χ1) is 9.86. The molecule has 0 saturated heterocycles. The van der Waals surface area contributed by atoms with Crippen LogP contribution in [0.2, 0.25) is 0 Å². The number of thiazole rings is 1. The Kier molecular flexibility index (Phi) is 3.73. The largest absolute Gasteiger partial charge is 0.306 e. The predicted molar refractivity (Wildman–Crippen MR) is 81.3 cm³/mol. The molecule has 0 atom stereocenters. The summed E-state index contributed by atoms with van der Waals surface area (Å²) >= 11 is 1.70. The van der Waals surface area contributed by atoms with E-state index in [0.29, 0.717) is 6.54 Å². The van der Waals surface area contributed by atoms with Crippen molar-refractivity contribution >= 4 is 21.6 Å². The molecule has 3 aromatic rings. The van der Waals surface area contributed by atoms with Crippen molar-refractivity contribution in [2.75, 3.05) is 0 Å². The van der Waals surface area contributed by atoms with E-state index in [9.17, 15) is 0 Å². The molecule has 0 spiro atoms. The van der Waals surface area contributed by atoms with E-state index in [4.69, 9.17) is 5.26 Å². The Labute approximate surface area is 121 Å². The number of nitrogens with one attached hydrogen (secondary N) is 1. The normalized spacial score (nSPS) is 10.6. The molecule has 0 saturated carbocycles. The van der Waals surface area contributed by atoms with Crippen LogP contribution in [0.15, 0.2) is 48.5 Å². The Bertz CT molecular complexity index is 737. The first kappa shape index (κ1) is 12.8. The van der Waals surface area contributed by atoms with Gasteiger partial charge in [0, 0.05) is 13.1 Å². The molecular weight excluding hydrogens is 266 g/mol. The van der Waals surface area contributed by atoms with Gasteiger partial charge in [0.1, 0.15) is 5.01 Å². The van der Waals surface area contributed by atoms with Crippen LogP contribution in [-0.2, 0) is 13.1 Å². The van der Waals surface area contributed by atoms with Gasteiger partial charge in [0.05, 0.1) is 21.8 Å². The van der Waals surface area contributed by atoms with Crippen LogP contribution in [0.4, 0.5) is 0 Å². The van der Waals surface area contributed by atoms with Gasteiger partial charge in [-0.25, -0.2) is 4.98 Å². The highest BCUT2D eigenvalue weighted by atomic mass is 32.1. The Balaban J connectivity index is 1.66. The maximum atomic E-state index is 9.04.